The molecule has 1 aliphatic rings. The first-order valence-corrected chi connectivity index (χ1v) is 14.5. The van der Waals surface area contributed by atoms with Crippen molar-refractivity contribution in [1.82, 2.24) is 20.0 Å². The number of hydrogen-bond acceptors (Lipinski definition) is 5. The first kappa shape index (κ1) is 30.3. The summed E-state index contributed by atoms with van der Waals surface area (Å²) in [6, 6.07) is 14.3. The lowest BCUT2D eigenvalue weighted by Crippen LogP contribution is -2.33. The topological polar surface area (TPSA) is 90.6 Å². The summed E-state index contributed by atoms with van der Waals surface area (Å²) in [5.74, 6) is -0.973. The van der Waals surface area contributed by atoms with Crippen LogP contribution in [0.5, 0.6) is 0 Å². The molecule has 1 fully saturated rings. The van der Waals surface area contributed by atoms with E-state index in [-0.39, 0.29) is 11.8 Å². The van der Waals surface area contributed by atoms with Crippen LogP contribution in [0.3, 0.4) is 0 Å². The number of amides is 2. The second-order valence-electron chi connectivity index (χ2n) is 11.5. The Kier molecular flexibility index (Phi) is 9.47. The van der Waals surface area contributed by atoms with Gasteiger partial charge in [0, 0.05) is 55.9 Å². The van der Waals surface area contributed by atoms with Gasteiger partial charge in [0.1, 0.15) is 11.6 Å². The van der Waals surface area contributed by atoms with Crippen molar-refractivity contribution in [2.24, 2.45) is 5.92 Å². The van der Waals surface area contributed by atoms with E-state index in [0.717, 1.165) is 36.6 Å². The number of H-pyrrole nitrogens is 1. The average molecular weight is 590 g/mol. The standard InChI is InChI=1S/C33H37F2N5O3/c1-39(2)10-11-40(3)33(42)24-5-6-28(25(19-24)15-21-8-12-43-13-9-21)32(41)36-31-29-18-22(4-7-30(29)37-38-31)14-23-16-26(34)20-27(35)17-23/h4-7,16-21H,8-15H2,1-3H3,(H2,36,37,38,41). The molecule has 3 aromatic carbocycles. The lowest BCUT2D eigenvalue weighted by Gasteiger charge is -2.24. The first-order chi connectivity index (χ1) is 20.7. The smallest absolute Gasteiger partial charge is 0.257 e. The number of aromatic nitrogens is 2. The molecule has 2 amide bonds. The second kappa shape index (κ2) is 13.4. The van der Waals surface area contributed by atoms with Crippen LogP contribution in [-0.4, -0.2) is 79.3 Å². The molecule has 226 valence electrons. The van der Waals surface area contributed by atoms with Gasteiger partial charge >= 0.3 is 0 Å². The van der Waals surface area contributed by atoms with E-state index in [2.05, 4.69) is 15.5 Å². The quantitative estimate of drug-likeness (QED) is 0.263. The highest BCUT2D eigenvalue weighted by atomic mass is 19.1. The van der Waals surface area contributed by atoms with Gasteiger partial charge in [-0.2, -0.15) is 5.10 Å². The summed E-state index contributed by atoms with van der Waals surface area (Å²) >= 11 is 0. The molecule has 0 aliphatic carbocycles. The Bertz CT molecular complexity index is 1590. The third-order valence-corrected chi connectivity index (χ3v) is 7.87. The second-order valence-corrected chi connectivity index (χ2v) is 11.5. The lowest BCUT2D eigenvalue weighted by molar-refractivity contribution is 0.0664. The van der Waals surface area contributed by atoms with Crippen molar-refractivity contribution in [3.8, 4) is 0 Å². The van der Waals surface area contributed by atoms with Crippen LogP contribution < -0.4 is 5.32 Å². The number of rotatable bonds is 10. The lowest BCUT2D eigenvalue weighted by atomic mass is 9.89. The van der Waals surface area contributed by atoms with Gasteiger partial charge in [-0.05, 0) is 105 Å². The number of likely N-dealkylation sites (N-methyl/N-ethyl adjacent to an activating group) is 2. The van der Waals surface area contributed by atoms with Crippen LogP contribution in [0.1, 0.15) is 50.2 Å². The maximum absolute atomic E-state index is 13.7. The Hall–Kier alpha value is -4.15. The van der Waals surface area contributed by atoms with Crippen LogP contribution in [0.2, 0.25) is 0 Å². The summed E-state index contributed by atoms with van der Waals surface area (Å²) in [4.78, 5) is 30.6. The minimum atomic E-state index is -0.628. The molecule has 2 heterocycles. The number of aromatic amines is 1. The molecule has 2 N–H and O–H groups in total. The van der Waals surface area contributed by atoms with Crippen LogP contribution in [0.15, 0.2) is 54.6 Å². The monoisotopic (exact) mass is 589 g/mol. The predicted octanol–water partition coefficient (Wildman–Crippen LogP) is 5.29. The number of carbonyl (C=O) groups is 2. The van der Waals surface area contributed by atoms with E-state index in [4.69, 9.17) is 4.74 Å². The zero-order chi connectivity index (χ0) is 30.5. The minimum Gasteiger partial charge on any atom is -0.381 e. The van der Waals surface area contributed by atoms with E-state index in [9.17, 15) is 18.4 Å². The molecule has 5 rings (SSSR count). The normalized spacial score (nSPS) is 13.9. The molecule has 0 bridgehead atoms. The van der Waals surface area contributed by atoms with Gasteiger partial charge in [-0.3, -0.25) is 14.7 Å². The summed E-state index contributed by atoms with van der Waals surface area (Å²) in [7, 11) is 5.71. The van der Waals surface area contributed by atoms with Crippen molar-refractivity contribution in [3.63, 3.8) is 0 Å². The van der Waals surface area contributed by atoms with Gasteiger partial charge in [0.15, 0.2) is 5.82 Å². The fourth-order valence-corrected chi connectivity index (χ4v) is 5.44. The van der Waals surface area contributed by atoms with Crippen molar-refractivity contribution >= 4 is 28.5 Å². The van der Waals surface area contributed by atoms with Crippen LogP contribution in [0, 0.1) is 17.6 Å². The van der Waals surface area contributed by atoms with Gasteiger partial charge in [0.25, 0.3) is 11.8 Å². The molecule has 1 saturated heterocycles. The van der Waals surface area contributed by atoms with Crippen LogP contribution in [0.4, 0.5) is 14.6 Å². The zero-order valence-electron chi connectivity index (χ0n) is 24.8. The van der Waals surface area contributed by atoms with E-state index < -0.39 is 11.6 Å². The van der Waals surface area contributed by atoms with Gasteiger partial charge in [-0.25, -0.2) is 8.78 Å². The minimum absolute atomic E-state index is 0.0916. The third kappa shape index (κ3) is 7.63. The van der Waals surface area contributed by atoms with Crippen molar-refractivity contribution < 1.29 is 23.1 Å². The molecular formula is C33H37F2N5O3. The summed E-state index contributed by atoms with van der Waals surface area (Å²) in [6.45, 7) is 2.70. The van der Waals surface area contributed by atoms with Gasteiger partial charge in [0.2, 0.25) is 0 Å². The molecule has 8 nitrogen and oxygen atoms in total. The van der Waals surface area contributed by atoms with Gasteiger partial charge < -0.3 is 19.9 Å². The molecule has 0 saturated carbocycles. The number of benzene rings is 3. The fraction of sp³-hybridized carbons (Fsp3) is 0.364. The van der Waals surface area contributed by atoms with E-state index in [0.29, 0.717) is 71.9 Å². The van der Waals surface area contributed by atoms with Crippen molar-refractivity contribution in [3.05, 3.63) is 94.0 Å². The van der Waals surface area contributed by atoms with Crippen LogP contribution in [-0.2, 0) is 17.6 Å². The molecule has 0 atom stereocenters. The number of halogens is 2. The average Bonchev–Trinajstić information content (AvgIpc) is 3.37. The molecule has 10 heteroatoms. The number of ether oxygens (including phenoxy) is 1. The van der Waals surface area contributed by atoms with E-state index >= 15 is 0 Å². The number of fused-ring (bicyclic) bond motifs is 1. The van der Waals surface area contributed by atoms with Gasteiger partial charge in [-0.15, -0.1) is 0 Å². The molecule has 0 unspecified atom stereocenters. The van der Waals surface area contributed by atoms with Crippen molar-refractivity contribution in [1.29, 1.82) is 0 Å². The Balaban J connectivity index is 1.39. The first-order valence-electron chi connectivity index (χ1n) is 14.5. The van der Waals surface area contributed by atoms with E-state index in [1.165, 1.54) is 12.1 Å². The third-order valence-electron chi connectivity index (χ3n) is 7.87. The Morgan fingerprint density at radius 1 is 0.953 bits per heavy atom. The molecule has 4 aromatic rings. The SMILES string of the molecule is CN(C)CCN(C)C(=O)c1ccc(C(=O)Nc2n[nH]c3ccc(Cc4cc(F)cc(F)c4)cc23)c(CC2CCOCC2)c1. The molecule has 43 heavy (non-hydrogen) atoms. The van der Waals surface area contributed by atoms with Crippen molar-refractivity contribution in [2.75, 3.05) is 52.8 Å². The van der Waals surface area contributed by atoms with Crippen molar-refractivity contribution in [2.45, 2.75) is 25.7 Å². The molecule has 1 aromatic heterocycles. The number of hydrogen-bond donors (Lipinski definition) is 2. The Labute approximate surface area is 250 Å². The van der Waals surface area contributed by atoms with E-state index in [1.807, 2.05) is 43.3 Å². The Morgan fingerprint density at radius 3 is 2.42 bits per heavy atom. The van der Waals surface area contributed by atoms with Gasteiger partial charge in [0.05, 0.1) is 5.52 Å². The largest absolute Gasteiger partial charge is 0.381 e. The highest BCUT2D eigenvalue weighted by Gasteiger charge is 2.22. The number of anilines is 1. The van der Waals surface area contributed by atoms with Crippen LogP contribution in [0.25, 0.3) is 10.9 Å². The van der Waals surface area contributed by atoms with Gasteiger partial charge in [-0.1, -0.05) is 6.07 Å². The van der Waals surface area contributed by atoms with Crippen LogP contribution >= 0.6 is 0 Å². The maximum Gasteiger partial charge on any atom is 0.257 e. The molecule has 1 aliphatic heterocycles. The summed E-state index contributed by atoms with van der Waals surface area (Å²) in [6.07, 6.45) is 2.76. The fourth-order valence-electron chi connectivity index (χ4n) is 5.44. The zero-order valence-corrected chi connectivity index (χ0v) is 24.8. The Morgan fingerprint density at radius 2 is 1.70 bits per heavy atom. The number of nitrogens with one attached hydrogen (secondary N) is 2. The molecule has 0 radical (unpaired) electrons. The maximum atomic E-state index is 13.7. The molecular weight excluding hydrogens is 552 g/mol. The summed E-state index contributed by atoms with van der Waals surface area (Å²) < 4.78 is 33.0. The highest BCUT2D eigenvalue weighted by molar-refractivity contribution is 6.09. The van der Waals surface area contributed by atoms with E-state index in [1.54, 1.807) is 24.1 Å². The predicted molar refractivity (Wildman–Crippen MR) is 162 cm³/mol. The summed E-state index contributed by atoms with van der Waals surface area (Å²) in [5.41, 5.74) is 3.88. The number of carbonyl (C=O) groups excluding carboxylic acids is 2. The highest BCUT2D eigenvalue weighted by Crippen LogP contribution is 2.27. The molecule has 0 spiro atoms. The summed E-state index contributed by atoms with van der Waals surface area (Å²) in [5, 5.41) is 10.9. The number of nitrogens with zero attached hydrogens (tertiary/aromatic N) is 3.